The molecule has 6 heteroatoms. The first kappa shape index (κ1) is 43.5. The van der Waals surface area contributed by atoms with Gasteiger partial charge in [0.1, 0.15) is 11.2 Å². The molecule has 2 aliphatic heterocycles. The Morgan fingerprint density at radius 3 is 1.15 bits per heavy atom. The standard InChI is InChI=1S/C66H54BN3O2/c1-65(2,3)45-35-37-54-52(39-45)67-53-40-46(66(4,5)6)36-38-55(53)70(64-61(44-25-13-8-14-26-44)51-32-20-22-34-59(51)72-64)57-42-49(68(47-27-15-9-16-28-47)48-29-17-10-18-30-48)41-56(62(57)67)69(54)63-60(43-23-11-7-12-24-43)50-31-19-21-33-58(50)71-63/h7-42H,1-6H3. The zero-order valence-corrected chi connectivity index (χ0v) is 41.5. The second-order valence-electron chi connectivity index (χ2n) is 21.3. The minimum atomic E-state index is -0.165. The van der Waals surface area contributed by atoms with Crippen molar-refractivity contribution in [3.8, 4) is 22.3 Å². The van der Waals surface area contributed by atoms with E-state index in [-0.39, 0.29) is 17.5 Å². The molecule has 4 heterocycles. The van der Waals surface area contributed by atoms with Crippen LogP contribution in [0.15, 0.2) is 227 Å². The molecule has 348 valence electrons. The smallest absolute Gasteiger partial charge is 0.252 e. The van der Waals surface area contributed by atoms with Gasteiger partial charge >= 0.3 is 0 Å². The van der Waals surface area contributed by atoms with Gasteiger partial charge in [-0.25, -0.2) is 0 Å². The Kier molecular flexibility index (Phi) is 10.0. The molecule has 0 radical (unpaired) electrons. The van der Waals surface area contributed by atoms with Crippen LogP contribution in [0.4, 0.5) is 51.6 Å². The SMILES string of the molecule is CC(C)(C)c1ccc2c(c1)B1c3cc(C(C)(C)C)ccc3N(c3oc4ccccc4c3-c3ccccc3)c3cc(N(c4ccccc4)c4ccccc4)cc(c31)N2c1oc2ccccc2c1-c1ccccc1. The maximum absolute atomic E-state index is 7.34. The van der Waals surface area contributed by atoms with E-state index in [9.17, 15) is 0 Å². The van der Waals surface area contributed by atoms with Gasteiger partial charge in [0.05, 0.1) is 16.8 Å². The molecule has 0 saturated heterocycles. The van der Waals surface area contributed by atoms with Gasteiger partial charge in [-0.15, -0.1) is 0 Å². The summed E-state index contributed by atoms with van der Waals surface area (Å²) in [5, 5.41) is 2.12. The topological polar surface area (TPSA) is 36.0 Å². The third kappa shape index (κ3) is 6.99. The number of para-hydroxylation sites is 4. The minimum Gasteiger partial charge on any atom is -0.439 e. The van der Waals surface area contributed by atoms with E-state index in [2.05, 4.69) is 275 Å². The first-order chi connectivity index (χ1) is 35.0. The van der Waals surface area contributed by atoms with Crippen LogP contribution in [0, 0.1) is 0 Å². The van der Waals surface area contributed by atoms with Gasteiger partial charge in [-0.3, -0.25) is 9.80 Å². The van der Waals surface area contributed by atoms with E-state index < -0.39 is 0 Å². The number of nitrogens with zero attached hydrogens (tertiary/aromatic N) is 3. The van der Waals surface area contributed by atoms with E-state index in [1.54, 1.807) is 0 Å². The van der Waals surface area contributed by atoms with Crippen molar-refractivity contribution in [3.63, 3.8) is 0 Å². The molecule has 0 unspecified atom stereocenters. The van der Waals surface area contributed by atoms with E-state index in [1.165, 1.54) is 27.5 Å². The molecular formula is C66H54BN3O2. The fourth-order valence-electron chi connectivity index (χ4n) is 11.2. The second-order valence-corrected chi connectivity index (χ2v) is 21.3. The zero-order chi connectivity index (χ0) is 48.9. The molecule has 0 aliphatic carbocycles. The van der Waals surface area contributed by atoms with Crippen LogP contribution in [-0.2, 0) is 10.8 Å². The van der Waals surface area contributed by atoms with Gasteiger partial charge in [0, 0.05) is 44.9 Å². The van der Waals surface area contributed by atoms with Gasteiger partial charge in [0.2, 0.25) is 11.8 Å². The number of hydrogen-bond donors (Lipinski definition) is 0. The molecule has 0 N–H and O–H groups in total. The van der Waals surface area contributed by atoms with Crippen molar-refractivity contribution in [2.45, 2.75) is 52.4 Å². The molecule has 5 nitrogen and oxygen atoms in total. The maximum atomic E-state index is 7.34. The monoisotopic (exact) mass is 931 g/mol. The van der Waals surface area contributed by atoms with Gasteiger partial charge in [-0.2, -0.15) is 0 Å². The van der Waals surface area contributed by atoms with Crippen LogP contribution in [0.1, 0.15) is 52.7 Å². The lowest BCUT2D eigenvalue weighted by Crippen LogP contribution is -2.61. The average Bonchev–Trinajstić information content (AvgIpc) is 3.98. The molecular weight excluding hydrogens is 878 g/mol. The van der Waals surface area contributed by atoms with Crippen LogP contribution in [0.25, 0.3) is 44.2 Å². The molecule has 0 bridgehead atoms. The lowest BCUT2D eigenvalue weighted by atomic mass is 9.33. The predicted molar refractivity (Wildman–Crippen MR) is 303 cm³/mol. The van der Waals surface area contributed by atoms with Gasteiger partial charge in [-0.05, 0) is 110 Å². The Morgan fingerprint density at radius 2 is 0.750 bits per heavy atom. The number of hydrogen-bond acceptors (Lipinski definition) is 5. The summed E-state index contributed by atoms with van der Waals surface area (Å²) in [5.41, 5.74) is 19.2. The molecule has 0 atom stereocenters. The molecule has 2 aromatic heterocycles. The van der Waals surface area contributed by atoms with Crippen molar-refractivity contribution >= 4 is 96.6 Å². The van der Waals surface area contributed by atoms with Crippen LogP contribution in [0.5, 0.6) is 0 Å². The number of benzene rings is 9. The van der Waals surface area contributed by atoms with Crippen molar-refractivity contribution in [1.29, 1.82) is 0 Å². The maximum Gasteiger partial charge on any atom is 0.252 e. The summed E-state index contributed by atoms with van der Waals surface area (Å²) in [6.07, 6.45) is 0. The Balaban J connectivity index is 1.22. The number of rotatable bonds is 7. The lowest BCUT2D eigenvalue weighted by Gasteiger charge is -2.44. The Hall–Kier alpha value is -8.48. The molecule has 9 aromatic carbocycles. The highest BCUT2D eigenvalue weighted by atomic mass is 16.4. The van der Waals surface area contributed by atoms with Crippen molar-refractivity contribution < 1.29 is 8.83 Å². The fraction of sp³-hybridized carbons (Fsp3) is 0.121. The van der Waals surface area contributed by atoms with Crippen molar-refractivity contribution in [2.75, 3.05) is 14.7 Å². The Bertz CT molecular complexity index is 3600. The summed E-state index contributed by atoms with van der Waals surface area (Å²) in [5.74, 6) is 1.54. The van der Waals surface area contributed by atoms with Gasteiger partial charge in [0.25, 0.3) is 6.71 Å². The zero-order valence-electron chi connectivity index (χ0n) is 41.5. The highest BCUT2D eigenvalue weighted by molar-refractivity contribution is 7.00. The third-order valence-electron chi connectivity index (χ3n) is 14.8. The first-order valence-electron chi connectivity index (χ1n) is 25.1. The van der Waals surface area contributed by atoms with Crippen molar-refractivity contribution in [2.24, 2.45) is 0 Å². The predicted octanol–water partition coefficient (Wildman–Crippen LogP) is 16.7. The fourth-order valence-corrected chi connectivity index (χ4v) is 11.2. The minimum absolute atomic E-state index is 0.122. The molecule has 72 heavy (non-hydrogen) atoms. The van der Waals surface area contributed by atoms with Gasteiger partial charge in [-0.1, -0.05) is 199 Å². The van der Waals surface area contributed by atoms with Crippen LogP contribution in [-0.4, -0.2) is 6.71 Å². The number of anilines is 9. The lowest BCUT2D eigenvalue weighted by molar-refractivity contribution is 0.590. The van der Waals surface area contributed by atoms with Crippen molar-refractivity contribution in [1.82, 2.24) is 0 Å². The molecule has 13 rings (SSSR count). The van der Waals surface area contributed by atoms with Gasteiger partial charge < -0.3 is 13.7 Å². The molecule has 0 amide bonds. The summed E-state index contributed by atoms with van der Waals surface area (Å²) in [4.78, 5) is 7.25. The van der Waals surface area contributed by atoms with Crippen LogP contribution in [0.2, 0.25) is 0 Å². The van der Waals surface area contributed by atoms with E-state index >= 15 is 0 Å². The van der Waals surface area contributed by atoms with E-state index in [0.29, 0.717) is 0 Å². The largest absolute Gasteiger partial charge is 0.439 e. The van der Waals surface area contributed by atoms with E-state index in [1.807, 2.05) is 0 Å². The van der Waals surface area contributed by atoms with E-state index in [4.69, 9.17) is 8.83 Å². The average molecular weight is 932 g/mol. The summed E-state index contributed by atoms with van der Waals surface area (Å²) < 4.78 is 14.7. The normalized spacial score (nSPS) is 13.1. The Labute approximate surface area is 422 Å². The van der Waals surface area contributed by atoms with Crippen LogP contribution in [0.3, 0.4) is 0 Å². The molecule has 2 aliphatic rings. The highest BCUT2D eigenvalue weighted by Gasteiger charge is 2.47. The molecule has 11 aromatic rings. The molecule has 0 saturated carbocycles. The molecule has 0 spiro atoms. The summed E-state index contributed by atoms with van der Waals surface area (Å²) in [7, 11) is 0. The third-order valence-corrected chi connectivity index (χ3v) is 14.8. The highest BCUT2D eigenvalue weighted by Crippen LogP contribution is 2.54. The summed E-state index contributed by atoms with van der Waals surface area (Å²) in [6, 6.07) is 79.0. The number of fused-ring (bicyclic) bond motifs is 6. The first-order valence-corrected chi connectivity index (χ1v) is 25.1. The Morgan fingerprint density at radius 1 is 0.375 bits per heavy atom. The second kappa shape index (κ2) is 16.6. The van der Waals surface area contributed by atoms with Crippen molar-refractivity contribution in [3.05, 3.63) is 230 Å². The quantitative estimate of drug-likeness (QED) is 0.149. The summed E-state index contributed by atoms with van der Waals surface area (Å²) >= 11 is 0. The molecule has 0 fully saturated rings. The summed E-state index contributed by atoms with van der Waals surface area (Å²) in [6.45, 7) is 13.7. The van der Waals surface area contributed by atoms with Crippen LogP contribution >= 0.6 is 0 Å². The number of furan rings is 2. The van der Waals surface area contributed by atoms with Crippen LogP contribution < -0.4 is 31.1 Å². The van der Waals surface area contributed by atoms with E-state index in [0.717, 1.165) is 95.8 Å². The van der Waals surface area contributed by atoms with Gasteiger partial charge in [0.15, 0.2) is 0 Å².